The number of hydrogen-bond donors (Lipinski definition) is 1. The molecule has 3 aromatic rings. The molecule has 6 nitrogen and oxygen atoms in total. The fraction of sp³-hybridized carbons (Fsp3) is 0.278. The summed E-state index contributed by atoms with van der Waals surface area (Å²) < 4.78 is 25.5. The molecule has 0 spiro atoms. The Kier molecular flexibility index (Phi) is 4.67. The largest absolute Gasteiger partial charge is 0.497 e. The van der Waals surface area contributed by atoms with E-state index in [1.807, 2.05) is 19.1 Å². The molecule has 0 amide bonds. The molecule has 0 bridgehead atoms. The topological polar surface area (TPSA) is 81.7 Å². The van der Waals surface area contributed by atoms with Crippen LogP contribution in [0.5, 0.6) is 5.75 Å². The van der Waals surface area contributed by atoms with Crippen molar-refractivity contribution in [1.29, 1.82) is 0 Å². The Bertz CT molecular complexity index is 969. The Labute approximate surface area is 147 Å². The zero-order chi connectivity index (χ0) is 18.1. The first-order valence-electron chi connectivity index (χ1n) is 7.79. The number of carboxylic acid groups (broad SMARTS) is 1. The van der Waals surface area contributed by atoms with Crippen molar-refractivity contribution in [3.63, 3.8) is 0 Å². The molecular weight excluding hydrogens is 342 g/mol. The van der Waals surface area contributed by atoms with Crippen LogP contribution < -0.4 is 4.74 Å². The molecule has 3 rings (SSSR count). The van der Waals surface area contributed by atoms with Crippen molar-refractivity contribution >= 4 is 27.9 Å². The molecule has 2 aromatic heterocycles. The zero-order valence-corrected chi connectivity index (χ0v) is 15.1. The Morgan fingerprint density at radius 2 is 2.08 bits per heavy atom. The van der Waals surface area contributed by atoms with E-state index in [4.69, 9.17) is 14.3 Å². The van der Waals surface area contributed by atoms with E-state index in [0.29, 0.717) is 28.6 Å². The maximum absolute atomic E-state index is 13.1. The second-order valence-corrected chi connectivity index (χ2v) is 7.12. The number of fused-ring (bicyclic) bond motifs is 1. The number of methoxy groups -OCH3 is 1. The lowest BCUT2D eigenvalue weighted by molar-refractivity contribution is -0.136. The molecule has 1 N–H and O–H groups in total. The third-order valence-electron chi connectivity index (χ3n) is 4.03. The van der Waals surface area contributed by atoms with Gasteiger partial charge in [-0.25, -0.2) is 4.21 Å². The Hall–Kier alpha value is -2.54. The minimum absolute atomic E-state index is 0.00675. The Morgan fingerprint density at radius 1 is 1.32 bits per heavy atom. The van der Waals surface area contributed by atoms with Crippen LogP contribution in [0.3, 0.4) is 0 Å². The maximum atomic E-state index is 13.1. The van der Waals surface area contributed by atoms with Gasteiger partial charge in [0.2, 0.25) is 0 Å². The van der Waals surface area contributed by atoms with Gasteiger partial charge in [-0.1, -0.05) is 0 Å². The first-order chi connectivity index (χ1) is 11.9. The quantitative estimate of drug-likeness (QED) is 0.727. The van der Waals surface area contributed by atoms with E-state index in [1.165, 1.54) is 0 Å². The van der Waals surface area contributed by atoms with E-state index in [2.05, 4.69) is 0 Å². The number of rotatable bonds is 6. The Morgan fingerprint density at radius 3 is 2.68 bits per heavy atom. The molecule has 0 aliphatic carbocycles. The highest BCUT2D eigenvalue weighted by molar-refractivity contribution is 7.83. The van der Waals surface area contributed by atoms with Crippen LogP contribution in [-0.4, -0.2) is 26.4 Å². The van der Waals surface area contributed by atoms with E-state index in [1.54, 1.807) is 36.3 Å². The fourth-order valence-corrected chi connectivity index (χ4v) is 4.16. The van der Waals surface area contributed by atoms with Crippen LogP contribution in [-0.2, 0) is 22.2 Å². The monoisotopic (exact) mass is 361 g/mol. The third kappa shape index (κ3) is 3.32. The summed E-state index contributed by atoms with van der Waals surface area (Å²) in [6, 6.07) is 7.23. The molecule has 7 heteroatoms. The number of hydrogen-bond acceptors (Lipinski definition) is 4. The lowest BCUT2D eigenvalue weighted by atomic mass is 10.1. The molecule has 0 radical (unpaired) electrons. The normalized spacial score (nSPS) is 12.4. The SMILES string of the molecule is COc1ccc2c(c1)c(CCC(=O)O)cn2S(=O)c1cc(C)oc1C. The predicted molar refractivity (Wildman–Crippen MR) is 94.4 cm³/mol. The second kappa shape index (κ2) is 6.76. The van der Waals surface area contributed by atoms with Gasteiger partial charge in [0.15, 0.2) is 11.0 Å². The fourth-order valence-electron chi connectivity index (χ4n) is 2.84. The van der Waals surface area contributed by atoms with Crippen LogP contribution >= 0.6 is 0 Å². The zero-order valence-electron chi connectivity index (χ0n) is 14.2. The standard InChI is InChI=1S/C18H19NO5S/c1-11-8-17(12(2)24-11)25(22)19-10-13(4-7-18(20)21)15-9-14(23-3)5-6-16(15)19/h5-6,8-10H,4,7H2,1-3H3,(H,20,21). The summed E-state index contributed by atoms with van der Waals surface area (Å²) in [5.41, 5.74) is 1.58. The number of ether oxygens (including phenoxy) is 1. The molecule has 1 aromatic carbocycles. The van der Waals surface area contributed by atoms with Crippen LogP contribution in [0.25, 0.3) is 10.9 Å². The van der Waals surface area contributed by atoms with Gasteiger partial charge in [-0.3, -0.25) is 8.77 Å². The Balaban J connectivity index is 2.12. The molecule has 1 atom stereocenters. The molecular formula is C18H19NO5S. The van der Waals surface area contributed by atoms with Crippen molar-refractivity contribution in [2.75, 3.05) is 7.11 Å². The summed E-state index contributed by atoms with van der Waals surface area (Å²) in [5.74, 6) is 1.11. The summed E-state index contributed by atoms with van der Waals surface area (Å²) >= 11 is 0. The van der Waals surface area contributed by atoms with E-state index in [0.717, 1.165) is 16.5 Å². The highest BCUT2D eigenvalue weighted by Crippen LogP contribution is 2.30. The van der Waals surface area contributed by atoms with Gasteiger partial charge in [-0.05, 0) is 50.1 Å². The summed E-state index contributed by atoms with van der Waals surface area (Å²) in [6.07, 6.45) is 2.12. The first-order valence-corrected chi connectivity index (χ1v) is 8.90. The van der Waals surface area contributed by atoms with Gasteiger partial charge in [-0.15, -0.1) is 0 Å². The number of benzene rings is 1. The molecule has 0 aliphatic rings. The van der Waals surface area contributed by atoms with Crippen molar-refractivity contribution in [2.24, 2.45) is 0 Å². The number of aryl methyl sites for hydroxylation is 3. The van der Waals surface area contributed by atoms with Crippen molar-refractivity contribution in [1.82, 2.24) is 3.97 Å². The average molecular weight is 361 g/mol. The second-order valence-electron chi connectivity index (χ2n) is 5.78. The van der Waals surface area contributed by atoms with Crippen LogP contribution in [0, 0.1) is 13.8 Å². The number of furan rings is 1. The molecule has 0 aliphatic heterocycles. The summed E-state index contributed by atoms with van der Waals surface area (Å²) in [7, 11) is 0.0948. The van der Waals surface area contributed by atoms with E-state index in [9.17, 15) is 9.00 Å². The summed E-state index contributed by atoms with van der Waals surface area (Å²) in [6.45, 7) is 3.59. The molecule has 0 saturated carbocycles. The average Bonchev–Trinajstić information content (AvgIpc) is 3.11. The molecule has 132 valence electrons. The van der Waals surface area contributed by atoms with Crippen molar-refractivity contribution < 1.29 is 23.3 Å². The predicted octanol–water partition coefficient (Wildman–Crippen LogP) is 3.45. The van der Waals surface area contributed by atoms with Crippen LogP contribution in [0.15, 0.2) is 39.8 Å². The van der Waals surface area contributed by atoms with Gasteiger partial charge >= 0.3 is 5.97 Å². The van der Waals surface area contributed by atoms with Gasteiger partial charge in [0, 0.05) is 18.0 Å². The first kappa shape index (κ1) is 17.3. The van der Waals surface area contributed by atoms with Crippen LogP contribution in [0.2, 0.25) is 0 Å². The maximum Gasteiger partial charge on any atom is 0.303 e. The van der Waals surface area contributed by atoms with E-state index < -0.39 is 17.0 Å². The number of carbonyl (C=O) groups is 1. The van der Waals surface area contributed by atoms with Gasteiger partial charge < -0.3 is 14.3 Å². The van der Waals surface area contributed by atoms with Crippen molar-refractivity contribution in [2.45, 2.75) is 31.6 Å². The highest BCUT2D eigenvalue weighted by Gasteiger charge is 2.19. The van der Waals surface area contributed by atoms with Gasteiger partial charge in [0.25, 0.3) is 0 Å². The van der Waals surface area contributed by atoms with Crippen molar-refractivity contribution in [3.05, 3.63) is 47.5 Å². The number of nitrogens with zero attached hydrogens (tertiary/aromatic N) is 1. The minimum Gasteiger partial charge on any atom is -0.497 e. The van der Waals surface area contributed by atoms with Crippen LogP contribution in [0.1, 0.15) is 23.5 Å². The minimum atomic E-state index is -1.48. The lowest BCUT2D eigenvalue weighted by Gasteiger charge is -2.05. The lowest BCUT2D eigenvalue weighted by Crippen LogP contribution is -2.04. The van der Waals surface area contributed by atoms with Gasteiger partial charge in [-0.2, -0.15) is 0 Å². The molecule has 0 saturated heterocycles. The molecule has 1 unspecified atom stereocenters. The number of aliphatic carboxylic acids is 1. The molecule has 25 heavy (non-hydrogen) atoms. The molecule has 0 fully saturated rings. The third-order valence-corrected chi connectivity index (χ3v) is 5.47. The molecule has 2 heterocycles. The van der Waals surface area contributed by atoms with E-state index >= 15 is 0 Å². The number of aromatic nitrogens is 1. The van der Waals surface area contributed by atoms with Gasteiger partial charge in [0.05, 0.1) is 12.6 Å². The summed E-state index contributed by atoms with van der Waals surface area (Å²) in [5, 5.41) is 9.82. The van der Waals surface area contributed by atoms with Crippen molar-refractivity contribution in [3.8, 4) is 5.75 Å². The summed E-state index contributed by atoms with van der Waals surface area (Å²) in [4.78, 5) is 11.5. The van der Waals surface area contributed by atoms with Gasteiger partial charge in [0.1, 0.15) is 22.2 Å². The van der Waals surface area contributed by atoms with E-state index in [-0.39, 0.29) is 6.42 Å². The smallest absolute Gasteiger partial charge is 0.303 e. The van der Waals surface area contributed by atoms with Crippen LogP contribution in [0.4, 0.5) is 0 Å². The number of carboxylic acids is 1. The highest BCUT2D eigenvalue weighted by atomic mass is 32.2.